The maximum Gasteiger partial charge on any atom is 0.126 e. The lowest BCUT2D eigenvalue weighted by molar-refractivity contribution is 0.195. The second-order valence-corrected chi connectivity index (χ2v) is 6.99. The van der Waals surface area contributed by atoms with E-state index in [1.165, 1.54) is 37.5 Å². The number of halogens is 2. The molecule has 0 bridgehead atoms. The Hall–Kier alpha value is -0.960. The van der Waals surface area contributed by atoms with Crippen LogP contribution < -0.4 is 5.32 Å². The van der Waals surface area contributed by atoms with Gasteiger partial charge < -0.3 is 5.32 Å². The molecule has 0 amide bonds. The SMILES string of the molecule is CCCNC(Cc1cc(F)ccc1F)C1CCCC1(C)C. The maximum atomic E-state index is 13.9. The molecule has 0 radical (unpaired) electrons. The molecule has 1 aromatic rings. The van der Waals surface area contributed by atoms with E-state index in [1.807, 2.05) is 0 Å². The lowest BCUT2D eigenvalue weighted by atomic mass is 9.75. The van der Waals surface area contributed by atoms with Crippen molar-refractivity contribution in [2.45, 2.75) is 58.9 Å². The van der Waals surface area contributed by atoms with E-state index in [0.29, 0.717) is 17.9 Å². The van der Waals surface area contributed by atoms with Crippen LogP contribution in [-0.2, 0) is 6.42 Å². The third kappa shape index (κ3) is 4.03. The molecule has 1 saturated carbocycles. The summed E-state index contributed by atoms with van der Waals surface area (Å²) < 4.78 is 27.3. The molecule has 2 rings (SSSR count). The van der Waals surface area contributed by atoms with E-state index < -0.39 is 0 Å². The average molecular weight is 295 g/mol. The summed E-state index contributed by atoms with van der Waals surface area (Å²) >= 11 is 0. The molecule has 118 valence electrons. The Balaban J connectivity index is 2.18. The number of hydrogen-bond donors (Lipinski definition) is 1. The fourth-order valence-electron chi connectivity index (χ4n) is 3.72. The summed E-state index contributed by atoms with van der Waals surface area (Å²) in [6.07, 6.45) is 5.24. The minimum Gasteiger partial charge on any atom is -0.313 e. The number of rotatable bonds is 6. The molecule has 1 aliphatic rings. The van der Waals surface area contributed by atoms with Crippen LogP contribution in [-0.4, -0.2) is 12.6 Å². The molecule has 2 unspecified atom stereocenters. The third-order valence-corrected chi connectivity index (χ3v) is 4.93. The van der Waals surface area contributed by atoms with Crippen molar-refractivity contribution in [2.75, 3.05) is 6.54 Å². The highest BCUT2D eigenvalue weighted by atomic mass is 19.1. The van der Waals surface area contributed by atoms with Gasteiger partial charge in [-0.3, -0.25) is 0 Å². The Labute approximate surface area is 127 Å². The van der Waals surface area contributed by atoms with Gasteiger partial charge in [0.25, 0.3) is 0 Å². The molecule has 0 aromatic heterocycles. The van der Waals surface area contributed by atoms with Crippen LogP contribution in [0, 0.1) is 23.0 Å². The van der Waals surface area contributed by atoms with Crippen molar-refractivity contribution in [3.05, 3.63) is 35.4 Å². The predicted octanol–water partition coefficient (Wildman–Crippen LogP) is 4.70. The van der Waals surface area contributed by atoms with E-state index in [1.54, 1.807) is 0 Å². The van der Waals surface area contributed by atoms with Gasteiger partial charge in [-0.2, -0.15) is 0 Å². The zero-order valence-corrected chi connectivity index (χ0v) is 13.4. The summed E-state index contributed by atoms with van der Waals surface area (Å²) in [5.41, 5.74) is 0.765. The summed E-state index contributed by atoms with van der Waals surface area (Å²) in [5.74, 6) is -0.131. The zero-order chi connectivity index (χ0) is 15.5. The first-order chi connectivity index (χ1) is 9.94. The van der Waals surface area contributed by atoms with E-state index >= 15 is 0 Å². The van der Waals surface area contributed by atoms with Crippen LogP contribution in [0.3, 0.4) is 0 Å². The molecule has 1 nitrogen and oxygen atoms in total. The molecule has 2 atom stereocenters. The first kappa shape index (κ1) is 16.4. The standard InChI is InChI=1S/C18H27F2N/c1-4-10-21-17(15-6-5-9-18(15,2)3)12-13-11-14(19)7-8-16(13)20/h7-8,11,15,17,21H,4-6,9-10,12H2,1-3H3. The Bertz CT molecular complexity index is 470. The van der Waals surface area contributed by atoms with Gasteiger partial charge in [0.2, 0.25) is 0 Å². The second-order valence-electron chi connectivity index (χ2n) is 6.99. The normalized spacial score (nSPS) is 22.4. The van der Waals surface area contributed by atoms with E-state index in [-0.39, 0.29) is 23.1 Å². The van der Waals surface area contributed by atoms with Crippen molar-refractivity contribution in [3.8, 4) is 0 Å². The summed E-state index contributed by atoms with van der Waals surface area (Å²) in [6.45, 7) is 7.65. The Kier molecular flexibility index (Phi) is 5.37. The summed E-state index contributed by atoms with van der Waals surface area (Å²) in [5, 5.41) is 3.57. The maximum absolute atomic E-state index is 13.9. The van der Waals surface area contributed by atoms with Crippen molar-refractivity contribution in [1.29, 1.82) is 0 Å². The Morgan fingerprint density at radius 2 is 2.10 bits per heavy atom. The lowest BCUT2D eigenvalue weighted by Crippen LogP contribution is -2.42. The largest absolute Gasteiger partial charge is 0.313 e. The van der Waals surface area contributed by atoms with Crippen LogP contribution in [0.1, 0.15) is 52.0 Å². The second kappa shape index (κ2) is 6.87. The van der Waals surface area contributed by atoms with Crippen LogP contribution in [0.5, 0.6) is 0 Å². The molecule has 1 N–H and O–H groups in total. The quantitative estimate of drug-likeness (QED) is 0.802. The van der Waals surface area contributed by atoms with Crippen molar-refractivity contribution in [2.24, 2.45) is 11.3 Å². The Morgan fingerprint density at radius 3 is 2.71 bits per heavy atom. The number of benzene rings is 1. The molecule has 0 heterocycles. The highest BCUT2D eigenvalue weighted by Crippen LogP contribution is 2.45. The van der Waals surface area contributed by atoms with Crippen LogP contribution >= 0.6 is 0 Å². The topological polar surface area (TPSA) is 12.0 Å². The van der Waals surface area contributed by atoms with Crippen molar-refractivity contribution in [3.63, 3.8) is 0 Å². The monoisotopic (exact) mass is 295 g/mol. The van der Waals surface area contributed by atoms with Gasteiger partial charge in [0.05, 0.1) is 0 Å². The summed E-state index contributed by atoms with van der Waals surface area (Å²) in [4.78, 5) is 0. The average Bonchev–Trinajstić information content (AvgIpc) is 2.78. The predicted molar refractivity (Wildman–Crippen MR) is 83.3 cm³/mol. The van der Waals surface area contributed by atoms with E-state index in [4.69, 9.17) is 0 Å². The van der Waals surface area contributed by atoms with Crippen molar-refractivity contribution in [1.82, 2.24) is 5.32 Å². The lowest BCUT2D eigenvalue weighted by Gasteiger charge is -2.35. The number of nitrogens with one attached hydrogen (secondary N) is 1. The molecule has 21 heavy (non-hydrogen) atoms. The van der Waals surface area contributed by atoms with Gasteiger partial charge in [0, 0.05) is 6.04 Å². The van der Waals surface area contributed by atoms with Crippen LogP contribution in [0.4, 0.5) is 8.78 Å². The molecule has 1 fully saturated rings. The van der Waals surface area contributed by atoms with Gasteiger partial charge in [-0.05, 0) is 67.3 Å². The highest BCUT2D eigenvalue weighted by Gasteiger charge is 2.39. The number of hydrogen-bond acceptors (Lipinski definition) is 1. The molecular formula is C18H27F2N. The molecular weight excluding hydrogens is 268 g/mol. The van der Waals surface area contributed by atoms with E-state index in [9.17, 15) is 8.78 Å². The van der Waals surface area contributed by atoms with Gasteiger partial charge in [-0.15, -0.1) is 0 Å². The van der Waals surface area contributed by atoms with Gasteiger partial charge in [-0.25, -0.2) is 8.78 Å². The third-order valence-electron chi connectivity index (χ3n) is 4.93. The smallest absolute Gasteiger partial charge is 0.126 e. The molecule has 0 saturated heterocycles. The van der Waals surface area contributed by atoms with Gasteiger partial charge in [-0.1, -0.05) is 27.2 Å². The van der Waals surface area contributed by atoms with Gasteiger partial charge in [0.15, 0.2) is 0 Å². The van der Waals surface area contributed by atoms with E-state index in [2.05, 4.69) is 26.1 Å². The first-order valence-electron chi connectivity index (χ1n) is 8.11. The molecule has 0 spiro atoms. The van der Waals surface area contributed by atoms with E-state index in [0.717, 1.165) is 13.0 Å². The van der Waals surface area contributed by atoms with Crippen LogP contribution in [0.25, 0.3) is 0 Å². The summed E-state index contributed by atoms with van der Waals surface area (Å²) in [7, 11) is 0. The minimum absolute atomic E-state index is 0.221. The zero-order valence-electron chi connectivity index (χ0n) is 13.4. The molecule has 0 aliphatic heterocycles. The van der Waals surface area contributed by atoms with Crippen molar-refractivity contribution < 1.29 is 8.78 Å². The first-order valence-corrected chi connectivity index (χ1v) is 8.11. The molecule has 1 aromatic carbocycles. The van der Waals surface area contributed by atoms with Gasteiger partial charge >= 0.3 is 0 Å². The Morgan fingerprint density at radius 1 is 1.33 bits per heavy atom. The summed E-state index contributed by atoms with van der Waals surface area (Å²) in [6, 6.07) is 3.99. The fourth-order valence-corrected chi connectivity index (χ4v) is 3.72. The van der Waals surface area contributed by atoms with Crippen LogP contribution in [0.2, 0.25) is 0 Å². The van der Waals surface area contributed by atoms with Crippen molar-refractivity contribution >= 4 is 0 Å². The highest BCUT2D eigenvalue weighted by molar-refractivity contribution is 5.20. The van der Waals surface area contributed by atoms with Crippen LogP contribution in [0.15, 0.2) is 18.2 Å². The van der Waals surface area contributed by atoms with Gasteiger partial charge in [0.1, 0.15) is 11.6 Å². The molecule has 3 heteroatoms. The molecule has 1 aliphatic carbocycles. The fraction of sp³-hybridized carbons (Fsp3) is 0.667. The minimum atomic E-state index is -0.355.